The molecule has 0 aliphatic carbocycles. The summed E-state index contributed by atoms with van der Waals surface area (Å²) in [6.07, 6.45) is 5.54. The first kappa shape index (κ1) is 18.7. The quantitative estimate of drug-likeness (QED) is 0.663. The molecule has 10 heteroatoms. The van der Waals surface area contributed by atoms with E-state index in [-0.39, 0.29) is 11.4 Å². The number of halogens is 3. The molecular formula is C19H14F3N5O2. The topological polar surface area (TPSA) is 80.2 Å². The van der Waals surface area contributed by atoms with Gasteiger partial charge in [0.25, 0.3) is 5.91 Å². The molecule has 2 aromatic heterocycles. The molecule has 3 aromatic rings. The highest BCUT2D eigenvalue weighted by Gasteiger charge is 2.33. The summed E-state index contributed by atoms with van der Waals surface area (Å²) in [7, 11) is 0. The smallest absolute Gasteiger partial charge is 0.278 e. The van der Waals surface area contributed by atoms with Gasteiger partial charge in [0.05, 0.1) is 25.0 Å². The molecule has 1 N–H and O–H groups in total. The van der Waals surface area contributed by atoms with Crippen molar-refractivity contribution in [2.45, 2.75) is 6.10 Å². The van der Waals surface area contributed by atoms with E-state index >= 15 is 0 Å². The number of nitrogens with one attached hydrogen (secondary N) is 1. The van der Waals surface area contributed by atoms with E-state index in [0.29, 0.717) is 24.6 Å². The highest BCUT2D eigenvalue weighted by atomic mass is 19.2. The van der Waals surface area contributed by atoms with Crippen molar-refractivity contribution in [1.29, 1.82) is 0 Å². The molecule has 7 nitrogen and oxygen atoms in total. The summed E-state index contributed by atoms with van der Waals surface area (Å²) in [5.41, 5.74) is 0.632. The third kappa shape index (κ3) is 3.96. The standard InChI is InChI=1S/C19H14F3N5O2/c20-14-6-12(7-15(21)16(14)22)29-13-9-27(10-13)18-17(24-4-5-25-18)19(28)26-11-2-1-3-23-8-11/h1-8,13H,9-10H2,(H,26,28). The van der Waals surface area contributed by atoms with Crippen LogP contribution in [0.4, 0.5) is 24.7 Å². The Morgan fingerprint density at radius 3 is 2.52 bits per heavy atom. The fourth-order valence-electron chi connectivity index (χ4n) is 2.83. The minimum absolute atomic E-state index is 0.111. The number of hydrogen-bond donors (Lipinski definition) is 1. The van der Waals surface area contributed by atoms with Gasteiger partial charge in [-0.25, -0.2) is 23.1 Å². The zero-order chi connectivity index (χ0) is 20.4. The Morgan fingerprint density at radius 2 is 1.83 bits per heavy atom. The highest BCUT2D eigenvalue weighted by molar-refractivity contribution is 6.06. The molecule has 0 bridgehead atoms. The number of aromatic nitrogens is 3. The second kappa shape index (κ2) is 7.74. The molecule has 1 aliphatic heterocycles. The highest BCUT2D eigenvalue weighted by Crippen LogP contribution is 2.26. The largest absolute Gasteiger partial charge is 0.487 e. The van der Waals surface area contributed by atoms with Crippen LogP contribution >= 0.6 is 0 Å². The van der Waals surface area contributed by atoms with Crippen molar-refractivity contribution in [3.63, 3.8) is 0 Å². The molecular weight excluding hydrogens is 387 g/mol. The zero-order valence-electron chi connectivity index (χ0n) is 14.8. The molecule has 4 rings (SSSR count). The van der Waals surface area contributed by atoms with Crippen molar-refractivity contribution < 1.29 is 22.7 Å². The van der Waals surface area contributed by atoms with E-state index in [1.807, 2.05) is 0 Å². The predicted molar refractivity (Wildman–Crippen MR) is 97.2 cm³/mol. The Morgan fingerprint density at radius 1 is 1.10 bits per heavy atom. The number of hydrogen-bond acceptors (Lipinski definition) is 6. The molecule has 1 aromatic carbocycles. The van der Waals surface area contributed by atoms with Crippen molar-refractivity contribution in [3.05, 3.63) is 72.2 Å². The van der Waals surface area contributed by atoms with Gasteiger partial charge < -0.3 is 15.0 Å². The lowest BCUT2D eigenvalue weighted by molar-refractivity contribution is 0.102. The first-order valence-electron chi connectivity index (χ1n) is 8.60. The van der Waals surface area contributed by atoms with Crippen LogP contribution < -0.4 is 15.0 Å². The number of carbonyl (C=O) groups excluding carboxylic acids is 1. The van der Waals surface area contributed by atoms with E-state index in [1.54, 1.807) is 23.2 Å². The molecule has 0 spiro atoms. The van der Waals surface area contributed by atoms with Gasteiger partial charge in [-0.1, -0.05) is 0 Å². The van der Waals surface area contributed by atoms with Gasteiger partial charge in [-0.2, -0.15) is 0 Å². The SMILES string of the molecule is O=C(Nc1cccnc1)c1nccnc1N1CC(Oc2cc(F)c(F)c(F)c2)C1. The molecule has 1 aliphatic rings. The molecule has 29 heavy (non-hydrogen) atoms. The minimum atomic E-state index is -1.54. The van der Waals surface area contributed by atoms with E-state index in [9.17, 15) is 18.0 Å². The second-order valence-corrected chi connectivity index (χ2v) is 6.27. The van der Waals surface area contributed by atoms with Gasteiger partial charge >= 0.3 is 0 Å². The molecule has 1 fully saturated rings. The number of rotatable bonds is 5. The Balaban J connectivity index is 1.43. The van der Waals surface area contributed by atoms with Crippen LogP contribution in [0.5, 0.6) is 5.75 Å². The van der Waals surface area contributed by atoms with Crippen LogP contribution in [0.15, 0.2) is 49.1 Å². The third-order valence-electron chi connectivity index (χ3n) is 4.22. The molecule has 1 amide bonds. The molecule has 148 valence electrons. The monoisotopic (exact) mass is 401 g/mol. The van der Waals surface area contributed by atoms with Gasteiger partial charge in [0, 0.05) is 30.7 Å². The van der Waals surface area contributed by atoms with E-state index < -0.39 is 29.5 Å². The maximum absolute atomic E-state index is 13.3. The van der Waals surface area contributed by atoms with Crippen LogP contribution in [-0.2, 0) is 0 Å². The molecule has 3 heterocycles. The van der Waals surface area contributed by atoms with E-state index in [0.717, 1.165) is 12.1 Å². The fraction of sp³-hybridized carbons (Fsp3) is 0.158. The molecule has 0 saturated carbocycles. The molecule has 0 radical (unpaired) electrons. The first-order chi connectivity index (χ1) is 14.0. The number of benzene rings is 1. The normalized spacial score (nSPS) is 13.7. The number of nitrogens with zero attached hydrogens (tertiary/aromatic N) is 4. The first-order valence-corrected chi connectivity index (χ1v) is 8.60. The number of carbonyl (C=O) groups is 1. The van der Waals surface area contributed by atoms with Crippen molar-refractivity contribution in [1.82, 2.24) is 15.0 Å². The van der Waals surface area contributed by atoms with Gasteiger partial charge in [-0.3, -0.25) is 9.78 Å². The summed E-state index contributed by atoms with van der Waals surface area (Å²) >= 11 is 0. The molecule has 0 atom stereocenters. The van der Waals surface area contributed by atoms with E-state index in [2.05, 4.69) is 20.3 Å². The summed E-state index contributed by atoms with van der Waals surface area (Å²) in [4.78, 5) is 26.5. The van der Waals surface area contributed by atoms with E-state index in [4.69, 9.17) is 4.74 Å². The molecule has 0 unspecified atom stereocenters. The minimum Gasteiger partial charge on any atom is -0.487 e. The van der Waals surface area contributed by atoms with Crippen LogP contribution in [0.2, 0.25) is 0 Å². The van der Waals surface area contributed by atoms with Crippen LogP contribution in [0.25, 0.3) is 0 Å². The summed E-state index contributed by atoms with van der Waals surface area (Å²) in [6.45, 7) is 0.624. The van der Waals surface area contributed by atoms with Gasteiger partial charge in [0.1, 0.15) is 11.9 Å². The van der Waals surface area contributed by atoms with Gasteiger partial charge in [0.15, 0.2) is 29.0 Å². The average Bonchev–Trinajstić information content (AvgIpc) is 2.69. The summed E-state index contributed by atoms with van der Waals surface area (Å²) in [5, 5.41) is 2.69. The number of ether oxygens (including phenoxy) is 1. The number of amides is 1. The van der Waals surface area contributed by atoms with Crippen LogP contribution in [-0.4, -0.2) is 40.1 Å². The van der Waals surface area contributed by atoms with Crippen LogP contribution in [0.1, 0.15) is 10.5 Å². The van der Waals surface area contributed by atoms with Gasteiger partial charge in [0.2, 0.25) is 0 Å². The fourth-order valence-corrected chi connectivity index (χ4v) is 2.83. The lowest BCUT2D eigenvalue weighted by atomic mass is 10.1. The number of anilines is 2. The second-order valence-electron chi connectivity index (χ2n) is 6.27. The van der Waals surface area contributed by atoms with Crippen molar-refractivity contribution in [3.8, 4) is 5.75 Å². The average molecular weight is 401 g/mol. The maximum Gasteiger partial charge on any atom is 0.278 e. The lowest BCUT2D eigenvalue weighted by Gasteiger charge is -2.40. The van der Waals surface area contributed by atoms with Crippen molar-refractivity contribution in [2.75, 3.05) is 23.3 Å². The van der Waals surface area contributed by atoms with E-state index in [1.165, 1.54) is 18.6 Å². The van der Waals surface area contributed by atoms with Crippen LogP contribution in [0, 0.1) is 17.5 Å². The Kier molecular flexibility index (Phi) is 4.98. The Bertz CT molecular complexity index is 1020. The number of pyridine rings is 1. The molecule has 1 saturated heterocycles. The van der Waals surface area contributed by atoms with Gasteiger partial charge in [-0.05, 0) is 12.1 Å². The van der Waals surface area contributed by atoms with Crippen LogP contribution in [0.3, 0.4) is 0 Å². The lowest BCUT2D eigenvalue weighted by Crippen LogP contribution is -2.54. The van der Waals surface area contributed by atoms with Crippen molar-refractivity contribution in [2.24, 2.45) is 0 Å². The zero-order valence-corrected chi connectivity index (χ0v) is 14.8. The Labute approximate surface area is 163 Å². The summed E-state index contributed by atoms with van der Waals surface area (Å²) < 4.78 is 45.1. The summed E-state index contributed by atoms with van der Waals surface area (Å²) in [5.74, 6) is -4.39. The Hall–Kier alpha value is -3.69. The third-order valence-corrected chi connectivity index (χ3v) is 4.22. The van der Waals surface area contributed by atoms with Gasteiger partial charge in [-0.15, -0.1) is 0 Å². The maximum atomic E-state index is 13.3. The van der Waals surface area contributed by atoms with Crippen molar-refractivity contribution >= 4 is 17.4 Å². The summed E-state index contributed by atoms with van der Waals surface area (Å²) in [6, 6.07) is 4.95. The predicted octanol–water partition coefficient (Wildman–Crippen LogP) is 2.81.